The molecule has 1 fully saturated rings. The first-order chi connectivity index (χ1) is 11.1. The number of imide groups is 1. The summed E-state index contributed by atoms with van der Waals surface area (Å²) in [6.45, 7) is 0. The van der Waals surface area contributed by atoms with E-state index in [1.54, 1.807) is 6.07 Å². The number of amides is 2. The number of nitrogens with zero attached hydrogens (tertiary/aromatic N) is 1. The molecule has 1 heterocycles. The molecule has 6 nitrogen and oxygen atoms in total. The van der Waals surface area contributed by atoms with Gasteiger partial charge < -0.3 is 0 Å². The predicted octanol–water partition coefficient (Wildman–Crippen LogP) is 2.50. The summed E-state index contributed by atoms with van der Waals surface area (Å²) in [5.74, 6) is -1.81. The summed E-state index contributed by atoms with van der Waals surface area (Å²) in [4.78, 5) is 35.8. The molecule has 0 aliphatic carbocycles. The number of carbonyl (C=O) groups is 2. The predicted molar refractivity (Wildman–Crippen MR) is 85.1 cm³/mol. The maximum Gasteiger partial charge on any atom is 0.273 e. The fraction of sp³-hybridized carbons (Fsp3) is 0.125. The largest absolute Gasteiger partial charge is 0.295 e. The van der Waals surface area contributed by atoms with Gasteiger partial charge in [-0.15, -0.1) is 11.8 Å². The lowest BCUT2D eigenvalue weighted by Gasteiger charge is -2.15. The first-order valence-electron chi connectivity index (χ1n) is 6.87. The number of thioether (sulfide) groups is 1. The van der Waals surface area contributed by atoms with Crippen molar-refractivity contribution < 1.29 is 14.5 Å². The van der Waals surface area contributed by atoms with Crippen LogP contribution >= 0.6 is 11.8 Å². The van der Waals surface area contributed by atoms with Crippen molar-refractivity contribution in [2.75, 3.05) is 0 Å². The van der Waals surface area contributed by atoms with Gasteiger partial charge in [0, 0.05) is 16.5 Å². The van der Waals surface area contributed by atoms with Crippen LogP contribution in [-0.2, 0) is 9.59 Å². The highest BCUT2D eigenvalue weighted by molar-refractivity contribution is 8.00. The zero-order valence-electron chi connectivity index (χ0n) is 11.8. The van der Waals surface area contributed by atoms with E-state index in [1.165, 1.54) is 30.0 Å². The van der Waals surface area contributed by atoms with Gasteiger partial charge in [-0.2, -0.15) is 0 Å². The summed E-state index contributed by atoms with van der Waals surface area (Å²) in [5, 5.41) is 12.8. The normalized spacial score (nSPS) is 20.3. The molecule has 2 aromatic rings. The van der Waals surface area contributed by atoms with E-state index in [4.69, 9.17) is 0 Å². The Balaban J connectivity index is 2.00. The molecule has 116 valence electrons. The molecular formula is C16H12N2O4S. The molecule has 3 rings (SSSR count). The highest BCUT2D eigenvalue weighted by Crippen LogP contribution is 2.40. The Kier molecular flexibility index (Phi) is 4.12. The maximum atomic E-state index is 12.2. The van der Waals surface area contributed by atoms with Crippen LogP contribution in [0.25, 0.3) is 0 Å². The lowest BCUT2D eigenvalue weighted by molar-refractivity contribution is -0.385. The SMILES string of the molecule is O=C1NC(=O)C(c2ccccc2[N+](=O)[O-])C1Sc1ccccc1. The Morgan fingerprint density at radius 2 is 1.61 bits per heavy atom. The molecule has 0 bridgehead atoms. The van der Waals surface area contributed by atoms with Crippen LogP contribution in [0.1, 0.15) is 11.5 Å². The Morgan fingerprint density at radius 3 is 2.30 bits per heavy atom. The van der Waals surface area contributed by atoms with Gasteiger partial charge in [-0.3, -0.25) is 25.0 Å². The van der Waals surface area contributed by atoms with Crippen LogP contribution in [0.3, 0.4) is 0 Å². The molecule has 7 heteroatoms. The molecule has 1 aliphatic rings. The van der Waals surface area contributed by atoms with E-state index in [0.717, 1.165) is 4.90 Å². The van der Waals surface area contributed by atoms with Crippen molar-refractivity contribution in [2.24, 2.45) is 0 Å². The van der Waals surface area contributed by atoms with Crippen molar-refractivity contribution in [3.05, 3.63) is 70.3 Å². The molecule has 1 N–H and O–H groups in total. The molecule has 2 atom stereocenters. The second kappa shape index (κ2) is 6.21. The molecule has 2 amide bonds. The molecule has 0 aromatic heterocycles. The minimum absolute atomic E-state index is 0.152. The number of benzene rings is 2. The van der Waals surface area contributed by atoms with E-state index in [2.05, 4.69) is 5.32 Å². The van der Waals surface area contributed by atoms with E-state index in [0.29, 0.717) is 0 Å². The molecule has 2 aromatic carbocycles. The zero-order valence-corrected chi connectivity index (χ0v) is 12.7. The van der Waals surface area contributed by atoms with Gasteiger partial charge in [-0.05, 0) is 12.1 Å². The van der Waals surface area contributed by atoms with Crippen LogP contribution in [0.4, 0.5) is 5.69 Å². The van der Waals surface area contributed by atoms with Crippen molar-refractivity contribution >= 4 is 29.3 Å². The zero-order chi connectivity index (χ0) is 16.4. The van der Waals surface area contributed by atoms with Gasteiger partial charge in [0.1, 0.15) is 5.25 Å². The first-order valence-corrected chi connectivity index (χ1v) is 7.75. The average Bonchev–Trinajstić information content (AvgIpc) is 2.82. The van der Waals surface area contributed by atoms with Crippen LogP contribution in [-0.4, -0.2) is 22.0 Å². The van der Waals surface area contributed by atoms with Crippen LogP contribution in [0.2, 0.25) is 0 Å². The number of rotatable bonds is 4. The average molecular weight is 328 g/mol. The van der Waals surface area contributed by atoms with Gasteiger partial charge in [0.2, 0.25) is 11.8 Å². The van der Waals surface area contributed by atoms with Gasteiger partial charge in [0.15, 0.2) is 0 Å². The lowest BCUT2D eigenvalue weighted by Crippen LogP contribution is -2.22. The van der Waals surface area contributed by atoms with Crippen LogP contribution in [0, 0.1) is 10.1 Å². The van der Waals surface area contributed by atoms with Gasteiger partial charge in [0.25, 0.3) is 5.69 Å². The van der Waals surface area contributed by atoms with E-state index in [9.17, 15) is 19.7 Å². The fourth-order valence-corrected chi connectivity index (χ4v) is 3.73. The number of hydrogen-bond donors (Lipinski definition) is 1. The topological polar surface area (TPSA) is 89.3 Å². The summed E-state index contributed by atoms with van der Waals surface area (Å²) in [6, 6.07) is 15.2. The second-order valence-corrected chi connectivity index (χ2v) is 6.21. The van der Waals surface area contributed by atoms with Crippen molar-refractivity contribution in [1.82, 2.24) is 5.32 Å². The smallest absolute Gasteiger partial charge is 0.273 e. The van der Waals surface area contributed by atoms with Crippen molar-refractivity contribution in [1.29, 1.82) is 0 Å². The molecule has 0 saturated carbocycles. The molecule has 1 saturated heterocycles. The quantitative estimate of drug-likeness (QED) is 0.529. The molecule has 0 radical (unpaired) electrons. The van der Waals surface area contributed by atoms with Crippen molar-refractivity contribution in [3.63, 3.8) is 0 Å². The number of nitro groups is 1. The summed E-state index contributed by atoms with van der Waals surface area (Å²) >= 11 is 1.23. The number of para-hydroxylation sites is 1. The summed E-state index contributed by atoms with van der Waals surface area (Å²) in [7, 11) is 0. The molecule has 2 unspecified atom stereocenters. The van der Waals surface area contributed by atoms with Crippen LogP contribution in [0.5, 0.6) is 0 Å². The first kappa shape index (κ1) is 15.2. The minimum Gasteiger partial charge on any atom is -0.295 e. The third-order valence-electron chi connectivity index (χ3n) is 3.56. The monoisotopic (exact) mass is 328 g/mol. The summed E-state index contributed by atoms with van der Waals surface area (Å²) in [5.41, 5.74) is 0.107. The molecule has 1 aliphatic heterocycles. The fourth-order valence-electron chi connectivity index (χ4n) is 2.55. The Bertz CT molecular complexity index is 779. The standard InChI is InChI=1S/C16H12N2O4S/c19-15-13(11-8-4-5-9-12(11)18(21)22)14(16(20)17-15)23-10-6-2-1-3-7-10/h1-9,13-14H,(H,17,19,20). The number of hydrogen-bond acceptors (Lipinski definition) is 5. The highest BCUT2D eigenvalue weighted by Gasteiger charge is 2.45. The summed E-state index contributed by atoms with van der Waals surface area (Å²) < 4.78 is 0. The molecular weight excluding hydrogens is 316 g/mol. The van der Waals surface area contributed by atoms with Crippen molar-refractivity contribution in [2.45, 2.75) is 16.1 Å². The van der Waals surface area contributed by atoms with E-state index in [-0.39, 0.29) is 11.3 Å². The van der Waals surface area contributed by atoms with Crippen molar-refractivity contribution in [3.8, 4) is 0 Å². The Morgan fingerprint density at radius 1 is 0.957 bits per heavy atom. The van der Waals surface area contributed by atoms with Crippen LogP contribution in [0.15, 0.2) is 59.5 Å². The van der Waals surface area contributed by atoms with Gasteiger partial charge in [0.05, 0.1) is 10.8 Å². The molecule has 23 heavy (non-hydrogen) atoms. The third-order valence-corrected chi connectivity index (χ3v) is 4.85. The lowest BCUT2D eigenvalue weighted by atomic mass is 9.95. The Hall–Kier alpha value is -2.67. The number of nitrogens with one attached hydrogen (secondary N) is 1. The van der Waals surface area contributed by atoms with E-state index in [1.807, 2.05) is 30.3 Å². The summed E-state index contributed by atoms with van der Waals surface area (Å²) in [6.07, 6.45) is 0. The van der Waals surface area contributed by atoms with Gasteiger partial charge in [-0.25, -0.2) is 0 Å². The number of carbonyl (C=O) groups excluding carboxylic acids is 2. The maximum absolute atomic E-state index is 12.2. The molecule has 0 spiro atoms. The van der Waals surface area contributed by atoms with Gasteiger partial charge >= 0.3 is 0 Å². The highest BCUT2D eigenvalue weighted by atomic mass is 32.2. The third kappa shape index (κ3) is 2.95. The van der Waals surface area contributed by atoms with Gasteiger partial charge in [-0.1, -0.05) is 36.4 Å². The Labute approximate surface area is 136 Å². The minimum atomic E-state index is -0.880. The van der Waals surface area contributed by atoms with E-state index < -0.39 is 27.9 Å². The second-order valence-electron chi connectivity index (χ2n) is 5.00. The van der Waals surface area contributed by atoms with E-state index >= 15 is 0 Å². The number of nitro benzene ring substituents is 1. The van der Waals surface area contributed by atoms with Crippen LogP contribution < -0.4 is 5.32 Å².